The lowest BCUT2D eigenvalue weighted by Gasteiger charge is -2.35. The van der Waals surface area contributed by atoms with Gasteiger partial charge >= 0.3 is 0 Å². The highest BCUT2D eigenvalue weighted by Gasteiger charge is 2.24. The fourth-order valence-electron chi connectivity index (χ4n) is 2.20. The summed E-state index contributed by atoms with van der Waals surface area (Å²) in [7, 11) is 0. The van der Waals surface area contributed by atoms with Crippen molar-refractivity contribution < 1.29 is 4.79 Å². The summed E-state index contributed by atoms with van der Waals surface area (Å²) in [6.45, 7) is 3.34. The Morgan fingerprint density at radius 2 is 2.28 bits per heavy atom. The fraction of sp³-hybridized carbons (Fsp3) is 0.583. The summed E-state index contributed by atoms with van der Waals surface area (Å²) < 4.78 is 0. The highest BCUT2D eigenvalue weighted by molar-refractivity contribution is 5.90. The quantitative estimate of drug-likeness (QED) is 0.801. The summed E-state index contributed by atoms with van der Waals surface area (Å²) in [6.07, 6.45) is 5.09. The predicted octanol–water partition coefficient (Wildman–Crippen LogP) is 0.227. The molecule has 2 heterocycles. The lowest BCUT2D eigenvalue weighted by molar-refractivity contribution is -0.118. The van der Waals surface area contributed by atoms with Crippen LogP contribution in [0.2, 0.25) is 0 Å². The van der Waals surface area contributed by atoms with Crippen LogP contribution in [0, 0.1) is 0 Å². The van der Waals surface area contributed by atoms with Crippen LogP contribution in [-0.4, -0.2) is 45.9 Å². The number of rotatable bonds is 3. The number of likely N-dealkylation sites (tertiary alicyclic amines) is 1. The van der Waals surface area contributed by atoms with Crippen LogP contribution < -0.4 is 11.1 Å². The van der Waals surface area contributed by atoms with Crippen molar-refractivity contribution in [1.29, 1.82) is 0 Å². The van der Waals surface area contributed by atoms with Crippen LogP contribution >= 0.6 is 0 Å². The number of anilines is 1. The van der Waals surface area contributed by atoms with Crippen LogP contribution in [0.3, 0.4) is 0 Å². The molecule has 1 aliphatic rings. The maximum absolute atomic E-state index is 11.8. The summed E-state index contributed by atoms with van der Waals surface area (Å²) in [6, 6.07) is 2.32. The first kappa shape index (κ1) is 12.9. The number of carbonyl (C=O) groups is 1. The molecule has 0 aromatic carbocycles. The number of piperidine rings is 1. The Bertz CT molecular complexity index is 397. The minimum atomic E-state index is -0.0801. The largest absolute Gasteiger partial charge is 0.328 e. The number of amides is 1. The highest BCUT2D eigenvalue weighted by Crippen LogP contribution is 2.15. The van der Waals surface area contributed by atoms with Gasteiger partial charge in [-0.15, -0.1) is 0 Å². The van der Waals surface area contributed by atoms with Gasteiger partial charge in [0.05, 0.1) is 6.54 Å². The van der Waals surface area contributed by atoms with E-state index >= 15 is 0 Å². The van der Waals surface area contributed by atoms with E-state index < -0.39 is 0 Å². The van der Waals surface area contributed by atoms with Gasteiger partial charge < -0.3 is 5.73 Å². The van der Waals surface area contributed by atoms with Gasteiger partial charge in [0.2, 0.25) is 11.9 Å². The van der Waals surface area contributed by atoms with E-state index in [0.29, 0.717) is 18.5 Å². The molecular weight excluding hydrogens is 230 g/mol. The van der Waals surface area contributed by atoms with E-state index in [1.54, 1.807) is 18.5 Å². The van der Waals surface area contributed by atoms with Crippen LogP contribution in [0.25, 0.3) is 0 Å². The van der Waals surface area contributed by atoms with Gasteiger partial charge in [-0.3, -0.25) is 15.0 Å². The van der Waals surface area contributed by atoms with Gasteiger partial charge in [-0.05, 0) is 25.8 Å². The fourth-order valence-corrected chi connectivity index (χ4v) is 2.20. The second-order valence-corrected chi connectivity index (χ2v) is 4.72. The maximum Gasteiger partial charge on any atom is 0.240 e. The van der Waals surface area contributed by atoms with Crippen molar-refractivity contribution in [2.24, 2.45) is 5.73 Å². The normalized spacial score (nSPS) is 24.8. The molecule has 2 unspecified atom stereocenters. The number of hydrogen-bond acceptors (Lipinski definition) is 5. The summed E-state index contributed by atoms with van der Waals surface area (Å²) in [4.78, 5) is 21.9. The molecular formula is C12H19N5O. The van der Waals surface area contributed by atoms with E-state index in [0.717, 1.165) is 19.4 Å². The molecule has 0 aliphatic carbocycles. The average molecular weight is 249 g/mol. The van der Waals surface area contributed by atoms with E-state index in [1.807, 2.05) is 0 Å². The first-order valence-corrected chi connectivity index (χ1v) is 6.21. The Labute approximate surface area is 107 Å². The smallest absolute Gasteiger partial charge is 0.240 e. The van der Waals surface area contributed by atoms with Gasteiger partial charge in [-0.25, -0.2) is 9.97 Å². The number of nitrogens with zero attached hydrogens (tertiary/aromatic N) is 3. The van der Waals surface area contributed by atoms with Gasteiger partial charge in [-0.1, -0.05) is 0 Å². The third-order valence-electron chi connectivity index (χ3n) is 3.22. The van der Waals surface area contributed by atoms with Crippen molar-refractivity contribution >= 4 is 11.9 Å². The van der Waals surface area contributed by atoms with Crippen molar-refractivity contribution in [3.63, 3.8) is 0 Å². The van der Waals surface area contributed by atoms with E-state index in [2.05, 4.69) is 27.1 Å². The molecule has 3 N–H and O–H groups in total. The van der Waals surface area contributed by atoms with Gasteiger partial charge in [0.25, 0.3) is 0 Å². The first-order chi connectivity index (χ1) is 8.65. The average Bonchev–Trinajstić information content (AvgIpc) is 2.34. The number of nitrogens with two attached hydrogens (primary N) is 1. The Balaban J connectivity index is 1.84. The Morgan fingerprint density at radius 3 is 2.94 bits per heavy atom. The SMILES string of the molecule is CC1CC(N)CCN1CC(=O)Nc1ncccn1. The zero-order chi connectivity index (χ0) is 13.0. The Morgan fingerprint density at radius 1 is 1.56 bits per heavy atom. The lowest BCUT2D eigenvalue weighted by Crippen LogP contribution is -2.48. The van der Waals surface area contributed by atoms with E-state index in [-0.39, 0.29) is 11.9 Å². The molecule has 0 radical (unpaired) electrons. The van der Waals surface area contributed by atoms with Crippen LogP contribution in [0.15, 0.2) is 18.5 Å². The summed E-state index contributed by atoms with van der Waals surface area (Å²) in [5, 5.41) is 2.69. The van der Waals surface area contributed by atoms with Gasteiger partial charge in [0.1, 0.15) is 0 Å². The van der Waals surface area contributed by atoms with E-state index in [9.17, 15) is 4.79 Å². The molecule has 2 atom stereocenters. The molecule has 98 valence electrons. The third kappa shape index (κ3) is 3.48. The first-order valence-electron chi connectivity index (χ1n) is 6.21. The summed E-state index contributed by atoms with van der Waals surface area (Å²) in [5.41, 5.74) is 5.89. The number of nitrogens with one attached hydrogen (secondary N) is 1. The van der Waals surface area contributed by atoms with Gasteiger partial charge in [0.15, 0.2) is 0 Å². The molecule has 0 bridgehead atoms. The molecule has 1 saturated heterocycles. The summed E-state index contributed by atoms with van der Waals surface area (Å²) >= 11 is 0. The second-order valence-electron chi connectivity index (χ2n) is 4.72. The van der Waals surface area contributed by atoms with Crippen molar-refractivity contribution in [2.75, 3.05) is 18.4 Å². The Kier molecular flexibility index (Phi) is 4.22. The van der Waals surface area contributed by atoms with Crippen molar-refractivity contribution in [2.45, 2.75) is 31.8 Å². The van der Waals surface area contributed by atoms with Crippen LogP contribution in [0.1, 0.15) is 19.8 Å². The molecule has 6 heteroatoms. The zero-order valence-electron chi connectivity index (χ0n) is 10.5. The van der Waals surface area contributed by atoms with Crippen LogP contribution in [-0.2, 0) is 4.79 Å². The lowest BCUT2D eigenvalue weighted by atomic mass is 9.99. The minimum Gasteiger partial charge on any atom is -0.328 e. The predicted molar refractivity (Wildman–Crippen MR) is 68.9 cm³/mol. The maximum atomic E-state index is 11.8. The van der Waals surface area contributed by atoms with E-state index in [4.69, 9.17) is 5.73 Å². The number of carbonyl (C=O) groups excluding carboxylic acids is 1. The molecule has 1 aliphatic heterocycles. The van der Waals surface area contributed by atoms with Crippen LogP contribution in [0.4, 0.5) is 5.95 Å². The molecule has 18 heavy (non-hydrogen) atoms. The van der Waals surface area contributed by atoms with Gasteiger partial charge in [0, 0.05) is 31.0 Å². The van der Waals surface area contributed by atoms with Crippen molar-refractivity contribution in [1.82, 2.24) is 14.9 Å². The van der Waals surface area contributed by atoms with E-state index in [1.165, 1.54) is 0 Å². The number of hydrogen-bond donors (Lipinski definition) is 2. The van der Waals surface area contributed by atoms with Crippen molar-refractivity contribution in [3.8, 4) is 0 Å². The number of aromatic nitrogens is 2. The highest BCUT2D eigenvalue weighted by atomic mass is 16.2. The van der Waals surface area contributed by atoms with Crippen molar-refractivity contribution in [3.05, 3.63) is 18.5 Å². The molecule has 1 fully saturated rings. The summed E-state index contributed by atoms with van der Waals surface area (Å²) in [5.74, 6) is 0.271. The molecule has 6 nitrogen and oxygen atoms in total. The molecule has 0 saturated carbocycles. The minimum absolute atomic E-state index is 0.0801. The molecule has 1 aromatic rings. The monoisotopic (exact) mass is 249 g/mol. The molecule has 0 spiro atoms. The topological polar surface area (TPSA) is 84.1 Å². The third-order valence-corrected chi connectivity index (χ3v) is 3.22. The molecule has 2 rings (SSSR count). The van der Waals surface area contributed by atoms with Gasteiger partial charge in [-0.2, -0.15) is 0 Å². The standard InChI is InChI=1S/C12H19N5O/c1-9-7-10(13)3-6-17(9)8-11(18)16-12-14-4-2-5-15-12/h2,4-5,9-10H,3,6-8,13H2,1H3,(H,14,15,16,18). The molecule has 1 amide bonds. The second kappa shape index (κ2) is 5.88. The van der Waals surface area contributed by atoms with Crippen LogP contribution in [0.5, 0.6) is 0 Å². The molecule has 1 aromatic heterocycles. The Hall–Kier alpha value is -1.53. The zero-order valence-corrected chi connectivity index (χ0v) is 10.5.